The van der Waals surface area contributed by atoms with Crippen molar-refractivity contribution < 1.29 is 5.11 Å². The summed E-state index contributed by atoms with van der Waals surface area (Å²) >= 11 is 0. The van der Waals surface area contributed by atoms with Gasteiger partial charge in [-0.05, 0) is 42.9 Å². The quantitative estimate of drug-likeness (QED) is 0.806. The fraction of sp³-hybridized carbons (Fsp3) is 0.571. The van der Waals surface area contributed by atoms with Crippen molar-refractivity contribution in [1.29, 1.82) is 0 Å². The van der Waals surface area contributed by atoms with Crippen LogP contribution >= 0.6 is 0 Å². The second kappa shape index (κ2) is 4.10. The summed E-state index contributed by atoms with van der Waals surface area (Å²) in [4.78, 5) is 0. The molecule has 0 heterocycles. The first-order chi connectivity index (χ1) is 7.09. The lowest BCUT2D eigenvalue weighted by molar-refractivity contribution is 0.448. The summed E-state index contributed by atoms with van der Waals surface area (Å²) in [5.74, 6) is 0.339. The van der Waals surface area contributed by atoms with Gasteiger partial charge in [-0.3, -0.25) is 0 Å². The molecule has 0 aromatic heterocycles. The summed E-state index contributed by atoms with van der Waals surface area (Å²) < 4.78 is 0. The molecule has 1 aromatic rings. The third-order valence-electron chi connectivity index (χ3n) is 2.59. The number of hydrogen-bond acceptors (Lipinski definition) is 2. The maximum atomic E-state index is 9.81. The fourth-order valence-corrected chi connectivity index (χ4v) is 1.68. The van der Waals surface area contributed by atoms with E-state index in [1.807, 2.05) is 19.9 Å². The standard InChI is InChI=1S/C14H23NO/c1-13(2,3)11-6-7-12(16)10(8-11)9-14(4,5)15/h6-8,16H,9,15H2,1-5H3. The van der Waals surface area contributed by atoms with Crippen LogP contribution in [0.15, 0.2) is 18.2 Å². The predicted molar refractivity (Wildman–Crippen MR) is 68.8 cm³/mol. The topological polar surface area (TPSA) is 46.2 Å². The van der Waals surface area contributed by atoms with Crippen LogP contribution in [0.1, 0.15) is 45.7 Å². The Morgan fingerprint density at radius 3 is 2.12 bits per heavy atom. The van der Waals surface area contributed by atoms with Crippen LogP contribution < -0.4 is 5.73 Å². The summed E-state index contributed by atoms with van der Waals surface area (Å²) in [7, 11) is 0. The van der Waals surface area contributed by atoms with Crippen LogP contribution in [-0.4, -0.2) is 10.6 Å². The first-order valence-electron chi connectivity index (χ1n) is 5.71. The lowest BCUT2D eigenvalue weighted by atomic mass is 9.84. The number of hydrogen-bond donors (Lipinski definition) is 2. The number of phenolic OH excluding ortho intramolecular Hbond substituents is 1. The van der Waals surface area contributed by atoms with Crippen LogP contribution in [0.2, 0.25) is 0 Å². The minimum Gasteiger partial charge on any atom is -0.508 e. The molecule has 0 aliphatic carbocycles. The molecule has 90 valence electrons. The van der Waals surface area contributed by atoms with Crippen LogP contribution in [0, 0.1) is 0 Å². The van der Waals surface area contributed by atoms with E-state index in [1.165, 1.54) is 5.56 Å². The van der Waals surface area contributed by atoms with Crippen molar-refractivity contribution in [2.45, 2.75) is 52.0 Å². The van der Waals surface area contributed by atoms with Gasteiger partial charge in [0, 0.05) is 5.54 Å². The van der Waals surface area contributed by atoms with E-state index in [-0.39, 0.29) is 11.0 Å². The maximum Gasteiger partial charge on any atom is 0.118 e. The number of phenols is 1. The molecule has 2 nitrogen and oxygen atoms in total. The molecule has 0 unspecified atom stereocenters. The van der Waals surface area contributed by atoms with Gasteiger partial charge < -0.3 is 10.8 Å². The number of benzene rings is 1. The van der Waals surface area contributed by atoms with Crippen molar-refractivity contribution in [3.8, 4) is 5.75 Å². The fourth-order valence-electron chi connectivity index (χ4n) is 1.68. The van der Waals surface area contributed by atoms with Crippen LogP contribution in [0.4, 0.5) is 0 Å². The van der Waals surface area contributed by atoms with E-state index < -0.39 is 0 Å². The predicted octanol–water partition coefficient (Wildman–Crippen LogP) is 2.97. The third kappa shape index (κ3) is 3.53. The van der Waals surface area contributed by atoms with Crippen LogP contribution in [0.25, 0.3) is 0 Å². The van der Waals surface area contributed by atoms with Crippen LogP contribution in [0.5, 0.6) is 5.75 Å². The van der Waals surface area contributed by atoms with Gasteiger partial charge in [-0.1, -0.05) is 32.9 Å². The number of nitrogens with two attached hydrogens (primary N) is 1. The lowest BCUT2D eigenvalue weighted by Gasteiger charge is -2.23. The molecule has 0 aliphatic heterocycles. The Hall–Kier alpha value is -1.02. The number of rotatable bonds is 2. The average molecular weight is 221 g/mol. The second-order valence-corrected chi connectivity index (χ2v) is 6.26. The van der Waals surface area contributed by atoms with Crippen molar-refractivity contribution in [1.82, 2.24) is 0 Å². The first kappa shape index (κ1) is 13.0. The highest BCUT2D eigenvalue weighted by Crippen LogP contribution is 2.28. The minimum absolute atomic E-state index is 0.0984. The average Bonchev–Trinajstić information content (AvgIpc) is 2.04. The van der Waals surface area contributed by atoms with E-state index in [1.54, 1.807) is 6.07 Å². The largest absolute Gasteiger partial charge is 0.508 e. The number of aromatic hydroxyl groups is 1. The van der Waals surface area contributed by atoms with Gasteiger partial charge in [0.25, 0.3) is 0 Å². The molecule has 3 N–H and O–H groups in total. The van der Waals surface area contributed by atoms with Crippen molar-refractivity contribution in [2.75, 3.05) is 0 Å². The molecule has 0 saturated heterocycles. The molecule has 0 atom stereocenters. The van der Waals surface area contributed by atoms with Crippen LogP contribution in [0.3, 0.4) is 0 Å². The van der Waals surface area contributed by atoms with Gasteiger partial charge in [0.15, 0.2) is 0 Å². The van der Waals surface area contributed by atoms with Gasteiger partial charge in [0.1, 0.15) is 5.75 Å². The maximum absolute atomic E-state index is 9.81. The highest BCUT2D eigenvalue weighted by atomic mass is 16.3. The van der Waals surface area contributed by atoms with Crippen molar-refractivity contribution in [2.24, 2.45) is 5.73 Å². The zero-order chi connectivity index (χ0) is 12.6. The van der Waals surface area contributed by atoms with E-state index in [0.717, 1.165) is 5.56 Å². The molecule has 0 spiro atoms. The summed E-state index contributed by atoms with van der Waals surface area (Å²) in [6.07, 6.45) is 0.683. The summed E-state index contributed by atoms with van der Waals surface area (Å²) in [6.45, 7) is 10.4. The van der Waals surface area contributed by atoms with Gasteiger partial charge in [0.05, 0.1) is 0 Å². The van der Waals surface area contributed by atoms with Crippen LogP contribution in [-0.2, 0) is 11.8 Å². The Balaban J connectivity index is 3.10. The Morgan fingerprint density at radius 1 is 1.12 bits per heavy atom. The van der Waals surface area contributed by atoms with Crippen molar-refractivity contribution in [3.63, 3.8) is 0 Å². The van der Waals surface area contributed by atoms with E-state index in [9.17, 15) is 5.11 Å². The Kier molecular flexibility index (Phi) is 3.34. The zero-order valence-electron chi connectivity index (χ0n) is 11.0. The molecular formula is C14H23NO. The highest BCUT2D eigenvalue weighted by Gasteiger charge is 2.18. The van der Waals surface area contributed by atoms with Gasteiger partial charge in [-0.25, -0.2) is 0 Å². The molecule has 0 aliphatic rings. The Bertz CT molecular complexity index is 369. The van der Waals surface area contributed by atoms with Gasteiger partial charge >= 0.3 is 0 Å². The third-order valence-corrected chi connectivity index (χ3v) is 2.59. The molecule has 0 radical (unpaired) electrons. The minimum atomic E-state index is -0.298. The monoisotopic (exact) mass is 221 g/mol. The second-order valence-electron chi connectivity index (χ2n) is 6.26. The van der Waals surface area contributed by atoms with Crippen molar-refractivity contribution in [3.05, 3.63) is 29.3 Å². The molecular weight excluding hydrogens is 198 g/mol. The van der Waals surface area contributed by atoms with E-state index >= 15 is 0 Å². The summed E-state index contributed by atoms with van der Waals surface area (Å²) in [6, 6.07) is 5.80. The van der Waals surface area contributed by atoms with E-state index in [4.69, 9.17) is 5.73 Å². The molecule has 1 rings (SSSR count). The summed E-state index contributed by atoms with van der Waals surface area (Å²) in [5, 5.41) is 9.81. The van der Waals surface area contributed by atoms with E-state index in [0.29, 0.717) is 12.2 Å². The molecule has 0 saturated carbocycles. The molecule has 0 fully saturated rings. The van der Waals surface area contributed by atoms with Gasteiger partial charge in [-0.2, -0.15) is 0 Å². The Labute approximate surface area is 98.5 Å². The molecule has 0 amide bonds. The highest BCUT2D eigenvalue weighted by molar-refractivity contribution is 5.39. The molecule has 1 aromatic carbocycles. The zero-order valence-corrected chi connectivity index (χ0v) is 11.0. The molecule has 0 bridgehead atoms. The van der Waals surface area contributed by atoms with Crippen molar-refractivity contribution >= 4 is 0 Å². The smallest absolute Gasteiger partial charge is 0.118 e. The SMILES string of the molecule is CC(C)(N)Cc1cc(C(C)(C)C)ccc1O. The normalized spacial score (nSPS) is 12.9. The Morgan fingerprint density at radius 2 is 1.69 bits per heavy atom. The first-order valence-corrected chi connectivity index (χ1v) is 5.71. The van der Waals surface area contributed by atoms with Gasteiger partial charge in [-0.15, -0.1) is 0 Å². The molecule has 2 heteroatoms. The van der Waals surface area contributed by atoms with Gasteiger partial charge in [0.2, 0.25) is 0 Å². The van der Waals surface area contributed by atoms with E-state index in [2.05, 4.69) is 26.8 Å². The summed E-state index contributed by atoms with van der Waals surface area (Å²) in [5.41, 5.74) is 7.94. The molecule has 16 heavy (non-hydrogen) atoms. The lowest BCUT2D eigenvalue weighted by Crippen LogP contribution is -2.34.